The van der Waals surface area contributed by atoms with Crippen molar-refractivity contribution in [3.05, 3.63) is 67.1 Å². The molecule has 1 aromatic carbocycles. The van der Waals surface area contributed by atoms with Gasteiger partial charge in [0, 0.05) is 40.5 Å². The highest BCUT2D eigenvalue weighted by atomic mass is 35.5. The van der Waals surface area contributed by atoms with Crippen LogP contribution in [0, 0.1) is 20.8 Å². The number of pyridine rings is 1. The summed E-state index contributed by atoms with van der Waals surface area (Å²) in [7, 11) is 0. The number of aryl methyl sites for hydroxylation is 2. The van der Waals surface area contributed by atoms with Gasteiger partial charge in [-0.25, -0.2) is 4.79 Å². The molecule has 1 heterocycles. The number of nitrogens with two attached hydrogens (primary N) is 1. The number of hydrogen-bond donors (Lipinski definition) is 4. The van der Waals surface area contributed by atoms with Gasteiger partial charge in [-0.2, -0.15) is 0 Å². The Kier molecular flexibility index (Phi) is 8.38. The van der Waals surface area contributed by atoms with Crippen LogP contribution < -0.4 is 21.9 Å². The van der Waals surface area contributed by atoms with Crippen LogP contribution in [-0.4, -0.2) is 29.1 Å². The van der Waals surface area contributed by atoms with E-state index < -0.39 is 6.09 Å². The number of nitrogens with one attached hydrogen (secondary N) is 3. The average molecular weight is 489 g/mol. The average Bonchev–Trinajstić information content (AvgIpc) is 2.75. The van der Waals surface area contributed by atoms with E-state index >= 15 is 0 Å². The summed E-state index contributed by atoms with van der Waals surface area (Å²) in [6, 6.07) is 5.64. The molecule has 8 nitrogen and oxygen atoms in total. The maximum absolute atomic E-state index is 13.0. The first kappa shape index (κ1) is 25.8. The topological polar surface area (TPSA) is 126 Å². The number of carbonyl (C=O) groups excluding carboxylic acids is 2. The second-order valence-electron chi connectivity index (χ2n) is 9.09. The molecule has 9 heteroatoms. The molecule has 0 saturated heterocycles. The Balaban J connectivity index is 1.69. The number of ether oxygens (including phenoxy) is 1. The number of amides is 2. The molecule has 1 aliphatic rings. The molecule has 3 rings (SSSR count). The minimum Gasteiger partial charge on any atom is -0.446 e. The highest BCUT2D eigenvalue weighted by Crippen LogP contribution is 2.28. The van der Waals surface area contributed by atoms with E-state index in [9.17, 15) is 14.4 Å². The standard InChI is InChI=1S/C25H33ClN4O4/c1-13-9-14(2)29-24(32)22(13)12-28-23(31)21-11-17(26)10-20(15(21)3)16(4)30-18-5-7-19(8-6-18)34-25(27)33/h9-11,16,18-19,30H,5-8,12H2,1-4H3,(H2,27,33)(H,28,31)(H,29,32). The SMILES string of the molecule is Cc1cc(C)c(CNC(=O)c2cc(Cl)cc(C(C)NC3CCC(OC(N)=O)CC3)c2C)c(=O)[nH]1. The van der Waals surface area contributed by atoms with Crippen LogP contribution in [0.2, 0.25) is 5.02 Å². The summed E-state index contributed by atoms with van der Waals surface area (Å²) >= 11 is 6.38. The maximum Gasteiger partial charge on any atom is 0.404 e. The lowest BCUT2D eigenvalue weighted by Gasteiger charge is -2.31. The molecule has 1 saturated carbocycles. The minimum absolute atomic E-state index is 0.0361. The number of aromatic amines is 1. The largest absolute Gasteiger partial charge is 0.446 e. The predicted octanol–water partition coefficient (Wildman–Crippen LogP) is 3.94. The molecule has 0 aliphatic heterocycles. The Bertz CT molecular complexity index is 1120. The van der Waals surface area contributed by atoms with Crippen LogP contribution in [0.4, 0.5) is 4.79 Å². The zero-order valence-electron chi connectivity index (χ0n) is 20.1. The maximum atomic E-state index is 13.0. The van der Waals surface area contributed by atoms with Crippen LogP contribution in [0.3, 0.4) is 0 Å². The zero-order chi connectivity index (χ0) is 25.0. The van der Waals surface area contributed by atoms with E-state index in [1.54, 1.807) is 6.07 Å². The minimum atomic E-state index is -0.729. The Hall–Kier alpha value is -2.84. The van der Waals surface area contributed by atoms with Gasteiger partial charge >= 0.3 is 6.09 Å². The van der Waals surface area contributed by atoms with Gasteiger partial charge in [0.15, 0.2) is 0 Å². The van der Waals surface area contributed by atoms with Crippen molar-refractivity contribution in [2.75, 3.05) is 0 Å². The molecular weight excluding hydrogens is 456 g/mol. The number of carbonyl (C=O) groups is 2. The summed E-state index contributed by atoms with van der Waals surface area (Å²) in [6.45, 7) is 7.75. The smallest absolute Gasteiger partial charge is 0.404 e. The van der Waals surface area contributed by atoms with Gasteiger partial charge in [-0.15, -0.1) is 0 Å². The van der Waals surface area contributed by atoms with Crippen LogP contribution in [-0.2, 0) is 11.3 Å². The van der Waals surface area contributed by atoms with Crippen LogP contribution in [0.15, 0.2) is 23.0 Å². The van der Waals surface area contributed by atoms with Crippen molar-refractivity contribution >= 4 is 23.6 Å². The molecule has 2 amide bonds. The van der Waals surface area contributed by atoms with E-state index in [2.05, 4.69) is 15.6 Å². The lowest BCUT2D eigenvalue weighted by atomic mass is 9.91. The first-order chi connectivity index (χ1) is 16.0. The first-order valence-corrected chi connectivity index (χ1v) is 11.9. The number of aromatic nitrogens is 1. The second kappa shape index (κ2) is 11.1. The molecule has 1 aliphatic carbocycles. The van der Waals surface area contributed by atoms with Gasteiger partial charge in [0.25, 0.3) is 11.5 Å². The molecule has 1 atom stereocenters. The van der Waals surface area contributed by atoms with Crippen molar-refractivity contribution in [2.45, 2.75) is 78.1 Å². The van der Waals surface area contributed by atoms with Crippen LogP contribution in [0.25, 0.3) is 0 Å². The van der Waals surface area contributed by atoms with Crippen molar-refractivity contribution in [1.82, 2.24) is 15.6 Å². The quantitative estimate of drug-likeness (QED) is 0.469. The number of primary amides is 1. The van der Waals surface area contributed by atoms with Crippen LogP contribution in [0.1, 0.15) is 77.0 Å². The summed E-state index contributed by atoms with van der Waals surface area (Å²) in [4.78, 5) is 39.0. The Labute approximate surface area is 204 Å². The fourth-order valence-electron chi connectivity index (χ4n) is 4.71. The molecule has 1 unspecified atom stereocenters. The molecular formula is C25H33ClN4O4. The molecule has 0 bridgehead atoms. The van der Waals surface area contributed by atoms with Gasteiger partial charge in [-0.1, -0.05) is 11.6 Å². The van der Waals surface area contributed by atoms with Gasteiger partial charge in [0.1, 0.15) is 6.10 Å². The lowest BCUT2D eigenvalue weighted by molar-refractivity contribution is 0.0747. The molecule has 184 valence electrons. The fourth-order valence-corrected chi connectivity index (χ4v) is 4.93. The zero-order valence-corrected chi connectivity index (χ0v) is 20.8. The molecule has 34 heavy (non-hydrogen) atoms. The highest BCUT2D eigenvalue weighted by Gasteiger charge is 2.25. The molecule has 1 fully saturated rings. The Morgan fingerprint density at radius 3 is 2.47 bits per heavy atom. The number of hydrogen-bond acceptors (Lipinski definition) is 5. The van der Waals surface area contributed by atoms with E-state index in [1.807, 2.05) is 39.8 Å². The summed E-state index contributed by atoms with van der Waals surface area (Å²) in [5, 5.41) is 6.95. The number of H-pyrrole nitrogens is 1. The van der Waals surface area contributed by atoms with Gasteiger partial charge in [0.2, 0.25) is 0 Å². The number of benzene rings is 1. The van der Waals surface area contributed by atoms with Crippen molar-refractivity contribution in [3.63, 3.8) is 0 Å². The number of halogens is 1. The third kappa shape index (κ3) is 6.39. The summed E-state index contributed by atoms with van der Waals surface area (Å²) in [5.41, 5.74) is 9.33. The third-order valence-electron chi connectivity index (χ3n) is 6.49. The van der Waals surface area contributed by atoms with Crippen molar-refractivity contribution in [2.24, 2.45) is 5.73 Å². The summed E-state index contributed by atoms with van der Waals surface area (Å²) in [6.07, 6.45) is 2.38. The Morgan fingerprint density at radius 1 is 1.18 bits per heavy atom. The van der Waals surface area contributed by atoms with E-state index in [0.717, 1.165) is 48.1 Å². The highest BCUT2D eigenvalue weighted by molar-refractivity contribution is 6.31. The fraction of sp³-hybridized carbons (Fsp3) is 0.480. The van der Waals surface area contributed by atoms with E-state index in [0.29, 0.717) is 16.1 Å². The van der Waals surface area contributed by atoms with Crippen molar-refractivity contribution < 1.29 is 14.3 Å². The van der Waals surface area contributed by atoms with Crippen molar-refractivity contribution in [3.8, 4) is 0 Å². The first-order valence-electron chi connectivity index (χ1n) is 11.5. The molecule has 0 radical (unpaired) electrons. The number of rotatable bonds is 7. The van der Waals surface area contributed by atoms with Gasteiger partial charge < -0.3 is 26.1 Å². The normalized spacial score (nSPS) is 18.9. The van der Waals surface area contributed by atoms with E-state index in [-0.39, 0.29) is 36.2 Å². The van der Waals surface area contributed by atoms with Crippen LogP contribution in [0.5, 0.6) is 0 Å². The molecule has 0 spiro atoms. The second-order valence-corrected chi connectivity index (χ2v) is 9.53. The summed E-state index contributed by atoms with van der Waals surface area (Å²) < 4.78 is 5.11. The molecule has 1 aromatic heterocycles. The van der Waals surface area contributed by atoms with Gasteiger partial charge in [-0.05, 0) is 88.3 Å². The monoisotopic (exact) mass is 488 g/mol. The van der Waals surface area contributed by atoms with E-state index in [4.69, 9.17) is 22.1 Å². The van der Waals surface area contributed by atoms with E-state index in [1.165, 1.54) is 0 Å². The predicted molar refractivity (Wildman–Crippen MR) is 132 cm³/mol. The Morgan fingerprint density at radius 2 is 1.85 bits per heavy atom. The lowest BCUT2D eigenvalue weighted by Crippen LogP contribution is -2.38. The summed E-state index contributed by atoms with van der Waals surface area (Å²) in [5.74, 6) is -0.281. The van der Waals surface area contributed by atoms with Gasteiger partial charge in [0.05, 0.1) is 0 Å². The van der Waals surface area contributed by atoms with Gasteiger partial charge in [-0.3, -0.25) is 9.59 Å². The third-order valence-corrected chi connectivity index (χ3v) is 6.70. The van der Waals surface area contributed by atoms with Crippen LogP contribution >= 0.6 is 11.6 Å². The molecule has 5 N–H and O–H groups in total. The molecule has 2 aromatic rings. The van der Waals surface area contributed by atoms with Crippen molar-refractivity contribution in [1.29, 1.82) is 0 Å².